The summed E-state index contributed by atoms with van der Waals surface area (Å²) in [6, 6.07) is 20.4. The van der Waals surface area contributed by atoms with Crippen molar-refractivity contribution in [2.75, 3.05) is 6.61 Å². The predicted octanol–water partition coefficient (Wildman–Crippen LogP) is 6.33. The van der Waals surface area contributed by atoms with Crippen LogP contribution in [0.1, 0.15) is 103 Å². The van der Waals surface area contributed by atoms with Crippen LogP contribution in [0.25, 0.3) is 6.08 Å². The first kappa shape index (κ1) is 41.8. The number of aliphatic hydroxyl groups is 1. The highest BCUT2D eigenvalue weighted by Crippen LogP contribution is 2.59. The molecule has 4 unspecified atom stereocenters. The number of hydrogen-bond acceptors (Lipinski definition) is 10. The van der Waals surface area contributed by atoms with Crippen molar-refractivity contribution in [2.24, 2.45) is 11.8 Å². The van der Waals surface area contributed by atoms with Gasteiger partial charge in [-0.25, -0.2) is 4.79 Å². The Kier molecular flexibility index (Phi) is 12.7. The normalized spacial score (nSPS) is 21.6. The van der Waals surface area contributed by atoms with E-state index in [1.54, 1.807) is 69.3 Å². The number of para-hydroxylation sites is 1. The summed E-state index contributed by atoms with van der Waals surface area (Å²) >= 11 is 0. The highest BCUT2D eigenvalue weighted by atomic mass is 16.8. The summed E-state index contributed by atoms with van der Waals surface area (Å²) in [4.78, 5) is 53.1. The molecular weight excluding hydrogens is 753 g/mol. The van der Waals surface area contributed by atoms with E-state index in [2.05, 4.69) is 10.6 Å². The van der Waals surface area contributed by atoms with Crippen molar-refractivity contribution in [3.63, 3.8) is 0 Å². The summed E-state index contributed by atoms with van der Waals surface area (Å²) in [6.07, 6.45) is 8.42. The molecule has 1 heterocycles. The van der Waals surface area contributed by atoms with Gasteiger partial charge in [0.1, 0.15) is 29.7 Å². The van der Waals surface area contributed by atoms with Gasteiger partial charge in [0.15, 0.2) is 5.79 Å². The molecule has 4 N–H and O–H groups in total. The number of hydrogen-bond donors (Lipinski definition) is 4. The Morgan fingerprint density at radius 1 is 0.932 bits per heavy atom. The number of aromatic hydroxyl groups is 1. The maximum Gasteiger partial charge on any atom is 0.339 e. The number of phenols is 1. The molecule has 1 aliphatic heterocycles. The van der Waals surface area contributed by atoms with Gasteiger partial charge in [-0.15, -0.1) is 0 Å². The third kappa shape index (κ3) is 10.5. The number of carbonyl (C=O) groups is 4. The van der Waals surface area contributed by atoms with Crippen molar-refractivity contribution >= 4 is 29.8 Å². The van der Waals surface area contributed by atoms with Gasteiger partial charge < -0.3 is 39.8 Å². The Hall–Kier alpha value is -5.30. The summed E-state index contributed by atoms with van der Waals surface area (Å²) < 4.78 is 25.1. The van der Waals surface area contributed by atoms with Gasteiger partial charge in [-0.05, 0) is 106 Å². The van der Waals surface area contributed by atoms with Crippen LogP contribution >= 0.6 is 0 Å². The average Bonchev–Trinajstić information content (AvgIpc) is 4.16. The molecule has 4 atom stereocenters. The standard InChI is InChI=1S/C47H54N2O10/c1-46(2,3)58-41(52)23-22-36(28-50)49-44(54)32-15-8-10-29(24-32)27-48-43(53)33-25-39(42-40(26-33)57-47(59-42,34-18-19-34)35-20-21-35)56-45(55)37-16-6-4-11-30(37)13-9-14-31-12-5-7-17-38(31)51/h4-13,15-17,24,26,34-36,39-40,42,50-51H,14,18-23,25,27-28H2,1-3H3,(H,48,53)(H,49,54). The lowest BCUT2D eigenvalue weighted by atomic mass is 9.91. The predicted molar refractivity (Wildman–Crippen MR) is 219 cm³/mol. The van der Waals surface area contributed by atoms with Crippen molar-refractivity contribution in [2.45, 2.75) is 114 Å². The third-order valence-electron chi connectivity index (χ3n) is 11.1. The number of carbonyl (C=O) groups excluding carboxylic acids is 4. The summed E-state index contributed by atoms with van der Waals surface area (Å²) in [5.74, 6) is -1.75. The number of rotatable bonds is 16. The van der Waals surface area contributed by atoms with E-state index in [-0.39, 0.29) is 55.9 Å². The Balaban J connectivity index is 1.02. The van der Waals surface area contributed by atoms with Gasteiger partial charge >= 0.3 is 11.9 Å². The highest BCUT2D eigenvalue weighted by molar-refractivity contribution is 5.96. The molecule has 312 valence electrons. The van der Waals surface area contributed by atoms with Crippen LogP contribution in [-0.4, -0.2) is 76.3 Å². The van der Waals surface area contributed by atoms with Gasteiger partial charge in [-0.2, -0.15) is 0 Å². The monoisotopic (exact) mass is 806 g/mol. The maximum atomic E-state index is 14.0. The molecule has 0 aromatic heterocycles. The summed E-state index contributed by atoms with van der Waals surface area (Å²) in [6.45, 7) is 5.09. The SMILES string of the molecule is CC(C)(C)OC(=O)CCC(CO)NC(=O)c1cccc(CNC(=O)C2=CC3OC(C4CC4)(C4CC4)OC3C(OC(=O)c3ccccc3C=CCc3ccccc3O)C2)c1. The van der Waals surface area contributed by atoms with E-state index >= 15 is 0 Å². The van der Waals surface area contributed by atoms with Crippen molar-refractivity contribution in [3.05, 3.63) is 118 Å². The molecular formula is C47H54N2O10. The molecule has 3 aromatic carbocycles. The number of allylic oxidation sites excluding steroid dienone is 1. The number of aliphatic hydroxyl groups excluding tert-OH is 1. The molecule has 3 aromatic rings. The number of benzene rings is 3. The lowest BCUT2D eigenvalue weighted by Crippen LogP contribution is -2.44. The lowest BCUT2D eigenvalue weighted by Gasteiger charge is -2.31. The molecule has 0 spiro atoms. The molecule has 7 rings (SSSR count). The van der Waals surface area contributed by atoms with Crippen molar-refractivity contribution in [1.29, 1.82) is 0 Å². The van der Waals surface area contributed by atoms with Crippen molar-refractivity contribution < 1.29 is 48.3 Å². The third-order valence-corrected chi connectivity index (χ3v) is 11.1. The molecule has 3 fully saturated rings. The Morgan fingerprint density at radius 3 is 2.37 bits per heavy atom. The number of nitrogens with one attached hydrogen (secondary N) is 2. The molecule has 2 amide bonds. The maximum absolute atomic E-state index is 14.0. The average molecular weight is 807 g/mol. The van der Waals surface area contributed by atoms with Gasteiger partial charge in [-0.1, -0.05) is 60.7 Å². The molecule has 1 saturated heterocycles. The quantitative estimate of drug-likeness (QED) is 0.120. The van der Waals surface area contributed by atoms with Crippen LogP contribution in [0.3, 0.4) is 0 Å². The van der Waals surface area contributed by atoms with E-state index in [9.17, 15) is 29.4 Å². The molecule has 4 aliphatic rings. The first-order chi connectivity index (χ1) is 28.3. The lowest BCUT2D eigenvalue weighted by molar-refractivity contribution is -0.209. The van der Waals surface area contributed by atoms with Gasteiger partial charge in [0.25, 0.3) is 5.91 Å². The van der Waals surface area contributed by atoms with Gasteiger partial charge in [0, 0.05) is 42.4 Å². The largest absolute Gasteiger partial charge is 0.508 e. The minimum absolute atomic E-state index is 0.0399. The molecule has 2 saturated carbocycles. The van der Waals surface area contributed by atoms with Crippen LogP contribution in [-0.2, 0) is 41.5 Å². The molecule has 0 radical (unpaired) electrons. The zero-order valence-electron chi connectivity index (χ0n) is 33.9. The van der Waals surface area contributed by atoms with Crippen molar-refractivity contribution in [3.8, 4) is 5.75 Å². The van der Waals surface area contributed by atoms with Crippen LogP contribution in [0.15, 0.2) is 90.5 Å². The van der Waals surface area contributed by atoms with Crippen LogP contribution in [0, 0.1) is 11.8 Å². The topological polar surface area (TPSA) is 170 Å². The van der Waals surface area contributed by atoms with Crippen molar-refractivity contribution in [1.82, 2.24) is 10.6 Å². The highest BCUT2D eigenvalue weighted by Gasteiger charge is 2.64. The molecule has 12 nitrogen and oxygen atoms in total. The summed E-state index contributed by atoms with van der Waals surface area (Å²) in [5.41, 5.74) is 2.58. The first-order valence-corrected chi connectivity index (χ1v) is 20.6. The fourth-order valence-corrected chi connectivity index (χ4v) is 7.88. The van der Waals surface area contributed by atoms with Gasteiger partial charge in [0.2, 0.25) is 5.91 Å². The van der Waals surface area contributed by atoms with Crippen LogP contribution in [0.4, 0.5) is 0 Å². The smallest absolute Gasteiger partial charge is 0.339 e. The minimum atomic E-state index is -0.794. The second-order valence-corrected chi connectivity index (χ2v) is 17.0. The fourth-order valence-electron chi connectivity index (χ4n) is 7.88. The molecule has 3 aliphatic carbocycles. The zero-order chi connectivity index (χ0) is 41.7. The van der Waals surface area contributed by atoms with Crippen LogP contribution < -0.4 is 10.6 Å². The molecule has 12 heteroatoms. The van der Waals surface area contributed by atoms with E-state index in [0.29, 0.717) is 34.2 Å². The van der Waals surface area contributed by atoms with Gasteiger partial charge in [-0.3, -0.25) is 14.4 Å². The fraction of sp³-hybridized carbons (Fsp3) is 0.447. The zero-order valence-corrected chi connectivity index (χ0v) is 33.9. The van der Waals surface area contributed by atoms with Gasteiger partial charge in [0.05, 0.1) is 18.2 Å². The summed E-state index contributed by atoms with van der Waals surface area (Å²) in [7, 11) is 0. The number of amides is 2. The number of phenolic OH excluding ortho intramolecular Hbond substituents is 1. The van der Waals surface area contributed by atoms with E-state index in [0.717, 1.165) is 31.2 Å². The number of fused-ring (bicyclic) bond motifs is 1. The van der Waals surface area contributed by atoms with E-state index in [1.807, 2.05) is 42.5 Å². The Morgan fingerprint density at radius 2 is 1.66 bits per heavy atom. The molecule has 0 bridgehead atoms. The number of ether oxygens (including phenoxy) is 4. The second kappa shape index (κ2) is 17.9. The van der Waals surface area contributed by atoms with E-state index in [4.69, 9.17) is 18.9 Å². The minimum Gasteiger partial charge on any atom is -0.508 e. The van der Waals surface area contributed by atoms with E-state index < -0.39 is 53.6 Å². The van der Waals surface area contributed by atoms with E-state index in [1.165, 1.54) is 0 Å². The Labute approximate surface area is 345 Å². The number of esters is 2. The van der Waals surface area contributed by atoms with Crippen LogP contribution in [0.5, 0.6) is 5.75 Å². The van der Waals surface area contributed by atoms with Crippen LogP contribution in [0.2, 0.25) is 0 Å². The summed E-state index contributed by atoms with van der Waals surface area (Å²) in [5, 5.41) is 25.8. The second-order valence-electron chi connectivity index (χ2n) is 17.0. The first-order valence-electron chi connectivity index (χ1n) is 20.6. The Bertz CT molecular complexity index is 2080. The molecule has 59 heavy (non-hydrogen) atoms.